The predicted molar refractivity (Wildman–Crippen MR) is 156 cm³/mol. The fourth-order valence-corrected chi connectivity index (χ4v) is 5.01. The van der Waals surface area contributed by atoms with Gasteiger partial charge in [0.05, 0.1) is 22.5 Å². The minimum absolute atomic E-state index is 0.143. The highest BCUT2D eigenvalue weighted by Crippen LogP contribution is 2.38. The van der Waals surface area contributed by atoms with E-state index in [0.717, 1.165) is 49.9 Å². The third-order valence-electron chi connectivity index (χ3n) is 7.18. The fraction of sp³-hybridized carbons (Fsp3) is 0.235. The summed E-state index contributed by atoms with van der Waals surface area (Å²) in [5.41, 5.74) is 7.33. The molecule has 5 rings (SSSR count). The van der Waals surface area contributed by atoms with Gasteiger partial charge < -0.3 is 10.6 Å². The summed E-state index contributed by atoms with van der Waals surface area (Å²) in [6.07, 6.45) is 6.74. The van der Waals surface area contributed by atoms with Crippen LogP contribution in [0.3, 0.4) is 0 Å². The first-order valence-electron chi connectivity index (χ1n) is 13.7. The number of fused-ring (bicyclic) bond motifs is 2. The number of unbranched alkanes of at least 4 members (excludes halogenated alkanes) is 2. The average molecular weight is 503 g/mol. The zero-order valence-electron chi connectivity index (χ0n) is 22.1. The molecule has 0 aromatic heterocycles. The van der Waals surface area contributed by atoms with Gasteiger partial charge in [0.15, 0.2) is 11.6 Å². The molecule has 4 aromatic rings. The smallest absolute Gasteiger partial charge is 0.196 e. The van der Waals surface area contributed by atoms with Gasteiger partial charge in [-0.2, -0.15) is 0 Å². The van der Waals surface area contributed by atoms with E-state index in [1.807, 2.05) is 36.4 Å². The Morgan fingerprint density at radius 1 is 0.526 bits per heavy atom. The molecule has 192 valence electrons. The van der Waals surface area contributed by atoms with E-state index >= 15 is 0 Å². The number of nitrogens with one attached hydrogen (secondary N) is 2. The number of carbonyl (C=O) groups excluding carboxylic acids is 2. The molecule has 2 N–H and O–H groups in total. The Kier molecular flexibility index (Phi) is 7.69. The lowest BCUT2D eigenvalue weighted by Crippen LogP contribution is -2.23. The highest BCUT2D eigenvalue weighted by molar-refractivity contribution is 6.32. The SMILES string of the molecule is CCCCc1ccc(Nc2ccc(Nc3ccc(CCCC)cc3)c3c2C(=O)c2ccccc2C3=O)cc1. The Balaban J connectivity index is 1.51. The van der Waals surface area contributed by atoms with E-state index in [-0.39, 0.29) is 11.6 Å². The van der Waals surface area contributed by atoms with Crippen LogP contribution in [0.5, 0.6) is 0 Å². The van der Waals surface area contributed by atoms with Crippen LogP contribution in [0.15, 0.2) is 84.9 Å². The van der Waals surface area contributed by atoms with Crippen molar-refractivity contribution in [3.8, 4) is 0 Å². The first kappa shape index (κ1) is 25.5. The zero-order valence-corrected chi connectivity index (χ0v) is 22.1. The van der Waals surface area contributed by atoms with Crippen LogP contribution in [0.1, 0.15) is 82.5 Å². The molecule has 0 heterocycles. The normalized spacial score (nSPS) is 12.2. The Morgan fingerprint density at radius 3 is 1.29 bits per heavy atom. The van der Waals surface area contributed by atoms with Gasteiger partial charge in [0, 0.05) is 22.5 Å². The number of hydrogen-bond acceptors (Lipinski definition) is 4. The van der Waals surface area contributed by atoms with Crippen molar-refractivity contribution in [2.45, 2.75) is 52.4 Å². The van der Waals surface area contributed by atoms with E-state index in [1.165, 1.54) is 11.1 Å². The molecule has 0 spiro atoms. The third kappa shape index (κ3) is 5.26. The van der Waals surface area contributed by atoms with Gasteiger partial charge in [-0.3, -0.25) is 9.59 Å². The third-order valence-corrected chi connectivity index (χ3v) is 7.18. The minimum atomic E-state index is -0.143. The average Bonchev–Trinajstić information content (AvgIpc) is 2.95. The molecule has 1 aliphatic rings. The molecule has 4 aromatic carbocycles. The first-order chi connectivity index (χ1) is 18.6. The standard InChI is InChI=1S/C34H34N2O2/c1-3-5-9-23-13-17-25(18-14-23)35-29-21-22-30(36-26-19-15-24(16-20-26)10-6-4-2)32-31(29)33(37)27-11-7-8-12-28(27)34(32)38/h7-8,11-22,35-36H,3-6,9-10H2,1-2H3. The molecule has 0 amide bonds. The van der Waals surface area contributed by atoms with E-state index in [2.05, 4.69) is 48.7 Å². The van der Waals surface area contributed by atoms with Crippen LogP contribution < -0.4 is 10.6 Å². The molecule has 0 atom stereocenters. The lowest BCUT2D eigenvalue weighted by atomic mass is 9.82. The maximum Gasteiger partial charge on any atom is 0.196 e. The van der Waals surface area contributed by atoms with Crippen LogP contribution >= 0.6 is 0 Å². The Labute approximate surface area is 225 Å². The van der Waals surface area contributed by atoms with E-state index in [0.29, 0.717) is 33.6 Å². The maximum absolute atomic E-state index is 13.8. The summed E-state index contributed by atoms with van der Waals surface area (Å²) in [5, 5.41) is 6.83. The van der Waals surface area contributed by atoms with E-state index in [9.17, 15) is 9.59 Å². The van der Waals surface area contributed by atoms with Crippen molar-refractivity contribution in [2.75, 3.05) is 10.6 Å². The highest BCUT2D eigenvalue weighted by Gasteiger charge is 2.34. The molecule has 0 saturated carbocycles. The largest absolute Gasteiger partial charge is 0.355 e. The summed E-state index contributed by atoms with van der Waals surface area (Å²) in [6, 6.07) is 27.5. The van der Waals surface area contributed by atoms with Crippen molar-refractivity contribution in [1.29, 1.82) is 0 Å². The zero-order chi connectivity index (χ0) is 26.5. The molecule has 0 bridgehead atoms. The Morgan fingerprint density at radius 2 is 0.921 bits per heavy atom. The summed E-state index contributed by atoms with van der Waals surface area (Å²) in [4.78, 5) is 27.5. The molecule has 0 aliphatic heterocycles. The second kappa shape index (κ2) is 11.5. The lowest BCUT2D eigenvalue weighted by Gasteiger charge is -2.24. The van der Waals surface area contributed by atoms with Gasteiger partial charge in [0.1, 0.15) is 0 Å². The molecule has 0 fully saturated rings. The van der Waals surface area contributed by atoms with Gasteiger partial charge in [-0.15, -0.1) is 0 Å². The molecule has 38 heavy (non-hydrogen) atoms. The Bertz CT molecular complexity index is 1340. The molecule has 0 radical (unpaired) electrons. The number of rotatable bonds is 10. The molecule has 1 aliphatic carbocycles. The maximum atomic E-state index is 13.8. The van der Waals surface area contributed by atoms with Crippen molar-refractivity contribution in [1.82, 2.24) is 0 Å². The summed E-state index contributed by atoms with van der Waals surface area (Å²) in [5.74, 6) is -0.286. The summed E-state index contributed by atoms with van der Waals surface area (Å²) in [6.45, 7) is 4.38. The van der Waals surface area contributed by atoms with Gasteiger partial charge in [-0.25, -0.2) is 0 Å². The monoisotopic (exact) mass is 502 g/mol. The Hall–Kier alpha value is -4.18. The number of anilines is 4. The number of carbonyl (C=O) groups is 2. The van der Waals surface area contributed by atoms with Gasteiger partial charge in [-0.1, -0.05) is 75.2 Å². The second-order valence-corrected chi connectivity index (χ2v) is 9.97. The van der Waals surface area contributed by atoms with Crippen LogP contribution in [0.25, 0.3) is 0 Å². The summed E-state index contributed by atoms with van der Waals surface area (Å²) < 4.78 is 0. The van der Waals surface area contributed by atoms with Gasteiger partial charge in [0.2, 0.25) is 0 Å². The molecule has 0 unspecified atom stereocenters. The van der Waals surface area contributed by atoms with Crippen LogP contribution in [0.2, 0.25) is 0 Å². The van der Waals surface area contributed by atoms with Crippen LogP contribution in [0, 0.1) is 0 Å². The van der Waals surface area contributed by atoms with Crippen molar-refractivity contribution in [3.05, 3.63) is 118 Å². The number of ketones is 2. The molecular formula is C34H34N2O2. The second-order valence-electron chi connectivity index (χ2n) is 9.97. The predicted octanol–water partition coefficient (Wildman–Crippen LogP) is 8.63. The number of benzene rings is 4. The molecule has 0 saturated heterocycles. The lowest BCUT2D eigenvalue weighted by molar-refractivity contribution is 0.0980. The van der Waals surface area contributed by atoms with Crippen molar-refractivity contribution < 1.29 is 9.59 Å². The quantitative estimate of drug-likeness (QED) is 0.201. The van der Waals surface area contributed by atoms with Gasteiger partial charge in [0.25, 0.3) is 0 Å². The van der Waals surface area contributed by atoms with Crippen LogP contribution in [-0.2, 0) is 12.8 Å². The topological polar surface area (TPSA) is 58.2 Å². The van der Waals surface area contributed by atoms with Gasteiger partial charge in [-0.05, 0) is 73.2 Å². The van der Waals surface area contributed by atoms with E-state index < -0.39 is 0 Å². The summed E-state index contributed by atoms with van der Waals surface area (Å²) >= 11 is 0. The van der Waals surface area contributed by atoms with E-state index in [4.69, 9.17) is 0 Å². The van der Waals surface area contributed by atoms with Crippen LogP contribution in [-0.4, -0.2) is 11.6 Å². The summed E-state index contributed by atoms with van der Waals surface area (Å²) in [7, 11) is 0. The minimum Gasteiger partial charge on any atom is -0.355 e. The molecule has 4 nitrogen and oxygen atoms in total. The van der Waals surface area contributed by atoms with Crippen molar-refractivity contribution in [3.63, 3.8) is 0 Å². The fourth-order valence-electron chi connectivity index (χ4n) is 5.01. The molecule has 4 heteroatoms. The number of hydrogen-bond donors (Lipinski definition) is 2. The number of aryl methyl sites for hydroxylation is 2. The first-order valence-corrected chi connectivity index (χ1v) is 13.7. The van der Waals surface area contributed by atoms with Crippen molar-refractivity contribution in [2.24, 2.45) is 0 Å². The van der Waals surface area contributed by atoms with Crippen LogP contribution in [0.4, 0.5) is 22.7 Å². The molecular weight excluding hydrogens is 468 g/mol. The van der Waals surface area contributed by atoms with Gasteiger partial charge >= 0.3 is 0 Å². The van der Waals surface area contributed by atoms with E-state index in [1.54, 1.807) is 24.3 Å². The van der Waals surface area contributed by atoms with Crippen molar-refractivity contribution >= 4 is 34.3 Å². The highest BCUT2D eigenvalue weighted by atomic mass is 16.1.